The Morgan fingerprint density at radius 3 is 2.50 bits per heavy atom. The van der Waals surface area contributed by atoms with Gasteiger partial charge in [0.2, 0.25) is 0 Å². The molecule has 0 aliphatic heterocycles. The van der Waals surface area contributed by atoms with Gasteiger partial charge in [-0.15, -0.1) is 0 Å². The normalized spacial score (nSPS) is 29.0. The van der Waals surface area contributed by atoms with E-state index in [9.17, 15) is 8.78 Å². The van der Waals surface area contributed by atoms with Crippen LogP contribution in [-0.4, -0.2) is 19.6 Å². The minimum Gasteiger partial charge on any atom is -0.384 e. The zero-order chi connectivity index (χ0) is 9.19. The Kier molecular flexibility index (Phi) is 3.04. The van der Waals surface area contributed by atoms with Gasteiger partial charge in [0, 0.05) is 20.0 Å². The molecule has 1 aliphatic carbocycles. The molecule has 0 radical (unpaired) electrons. The number of ether oxygens (including phenoxy) is 1. The predicted molar refractivity (Wildman–Crippen MR) is 43.3 cm³/mol. The lowest BCUT2D eigenvalue weighted by atomic mass is 10.1. The molecule has 3 heteroatoms. The molecule has 1 aliphatic rings. The first-order chi connectivity index (χ1) is 5.55. The lowest BCUT2D eigenvalue weighted by molar-refractivity contribution is -0.0395. The van der Waals surface area contributed by atoms with Crippen molar-refractivity contribution in [3.05, 3.63) is 0 Å². The molecule has 1 fully saturated rings. The van der Waals surface area contributed by atoms with Crippen LogP contribution in [0.4, 0.5) is 8.78 Å². The first kappa shape index (κ1) is 9.90. The Morgan fingerprint density at radius 2 is 2.08 bits per heavy atom. The second-order valence-electron chi connectivity index (χ2n) is 3.78. The van der Waals surface area contributed by atoms with Crippen LogP contribution in [0.3, 0.4) is 0 Å². The lowest BCUT2D eigenvalue weighted by Crippen LogP contribution is -2.19. The van der Waals surface area contributed by atoms with Crippen molar-refractivity contribution in [2.24, 2.45) is 11.8 Å². The molecule has 1 rings (SSSR count). The summed E-state index contributed by atoms with van der Waals surface area (Å²) in [5.74, 6) is -1.74. The molecule has 0 heterocycles. The number of methoxy groups -OCH3 is 1. The Morgan fingerprint density at radius 1 is 1.50 bits per heavy atom. The Bertz CT molecular complexity index is 147. The third-order valence-corrected chi connectivity index (χ3v) is 2.51. The highest BCUT2D eigenvalue weighted by Gasteiger charge is 2.41. The summed E-state index contributed by atoms with van der Waals surface area (Å²) in [6.07, 6.45) is 0.896. The van der Waals surface area contributed by atoms with Crippen LogP contribution in [0.25, 0.3) is 0 Å². The molecule has 0 aromatic heterocycles. The zero-order valence-corrected chi connectivity index (χ0v) is 7.65. The van der Waals surface area contributed by atoms with E-state index in [-0.39, 0.29) is 25.4 Å². The fourth-order valence-electron chi connectivity index (χ4n) is 1.42. The van der Waals surface area contributed by atoms with Gasteiger partial charge in [-0.05, 0) is 18.3 Å². The van der Waals surface area contributed by atoms with E-state index in [0.29, 0.717) is 5.92 Å². The number of hydrogen-bond acceptors (Lipinski definition) is 1. The minimum absolute atomic E-state index is 0.0531. The summed E-state index contributed by atoms with van der Waals surface area (Å²) in [6.45, 7) is 2.19. The van der Waals surface area contributed by atoms with Gasteiger partial charge in [-0.3, -0.25) is 0 Å². The van der Waals surface area contributed by atoms with E-state index in [1.165, 1.54) is 7.11 Å². The van der Waals surface area contributed by atoms with Crippen molar-refractivity contribution in [2.75, 3.05) is 13.7 Å². The van der Waals surface area contributed by atoms with E-state index in [4.69, 9.17) is 0 Å². The molecule has 0 bridgehead atoms. The van der Waals surface area contributed by atoms with Gasteiger partial charge in [-0.2, -0.15) is 0 Å². The first-order valence-corrected chi connectivity index (χ1v) is 4.42. The molecule has 2 unspecified atom stereocenters. The molecule has 12 heavy (non-hydrogen) atoms. The summed E-state index contributed by atoms with van der Waals surface area (Å²) < 4.78 is 30.6. The van der Waals surface area contributed by atoms with Crippen LogP contribution >= 0.6 is 0 Å². The van der Waals surface area contributed by atoms with E-state index in [1.54, 1.807) is 0 Å². The summed E-state index contributed by atoms with van der Waals surface area (Å²) in [7, 11) is 1.45. The van der Waals surface area contributed by atoms with Crippen molar-refractivity contribution in [2.45, 2.75) is 32.1 Å². The number of rotatable bonds is 5. The van der Waals surface area contributed by atoms with E-state index >= 15 is 0 Å². The van der Waals surface area contributed by atoms with Crippen LogP contribution in [0.2, 0.25) is 0 Å². The van der Waals surface area contributed by atoms with Crippen LogP contribution in [0.1, 0.15) is 26.2 Å². The molecular weight excluding hydrogens is 162 g/mol. The van der Waals surface area contributed by atoms with E-state index in [1.807, 2.05) is 6.92 Å². The molecule has 0 N–H and O–H groups in total. The monoisotopic (exact) mass is 178 g/mol. The van der Waals surface area contributed by atoms with Gasteiger partial charge in [0.05, 0.1) is 6.61 Å². The quantitative estimate of drug-likeness (QED) is 0.629. The van der Waals surface area contributed by atoms with Gasteiger partial charge in [-0.1, -0.05) is 6.92 Å². The van der Waals surface area contributed by atoms with E-state index in [2.05, 4.69) is 4.74 Å². The Labute approximate surface area is 72.1 Å². The van der Waals surface area contributed by atoms with Crippen molar-refractivity contribution in [3.63, 3.8) is 0 Å². The largest absolute Gasteiger partial charge is 0.384 e. The summed E-state index contributed by atoms with van der Waals surface area (Å²) in [5.41, 5.74) is 0. The molecule has 0 amide bonds. The summed E-state index contributed by atoms with van der Waals surface area (Å²) in [4.78, 5) is 0. The highest BCUT2D eigenvalue weighted by atomic mass is 19.3. The lowest BCUT2D eigenvalue weighted by Gasteiger charge is -2.15. The van der Waals surface area contributed by atoms with Gasteiger partial charge in [0.1, 0.15) is 0 Å². The molecule has 2 atom stereocenters. The summed E-state index contributed by atoms with van der Waals surface area (Å²) in [5, 5.41) is 0. The summed E-state index contributed by atoms with van der Waals surface area (Å²) >= 11 is 0. The molecule has 0 aromatic carbocycles. The average Bonchev–Trinajstić information content (AvgIpc) is 2.61. The minimum atomic E-state index is -2.51. The molecule has 0 aromatic rings. The van der Waals surface area contributed by atoms with E-state index in [0.717, 1.165) is 6.42 Å². The van der Waals surface area contributed by atoms with Crippen molar-refractivity contribution >= 4 is 0 Å². The van der Waals surface area contributed by atoms with E-state index < -0.39 is 5.92 Å². The van der Waals surface area contributed by atoms with Crippen LogP contribution in [-0.2, 0) is 4.74 Å². The maximum Gasteiger partial charge on any atom is 0.250 e. The Balaban J connectivity index is 2.18. The smallest absolute Gasteiger partial charge is 0.250 e. The van der Waals surface area contributed by atoms with Crippen molar-refractivity contribution in [1.82, 2.24) is 0 Å². The van der Waals surface area contributed by atoms with Gasteiger partial charge in [0.15, 0.2) is 0 Å². The van der Waals surface area contributed by atoms with Crippen molar-refractivity contribution in [3.8, 4) is 0 Å². The average molecular weight is 178 g/mol. The van der Waals surface area contributed by atoms with Gasteiger partial charge in [-0.25, -0.2) is 8.78 Å². The fraction of sp³-hybridized carbons (Fsp3) is 1.00. The van der Waals surface area contributed by atoms with Crippen LogP contribution in [0.15, 0.2) is 0 Å². The SMILES string of the molecule is COCCC(F)(F)CC1CC1C. The fourth-order valence-corrected chi connectivity index (χ4v) is 1.42. The van der Waals surface area contributed by atoms with Crippen LogP contribution < -0.4 is 0 Å². The molecule has 72 valence electrons. The van der Waals surface area contributed by atoms with Gasteiger partial charge < -0.3 is 4.74 Å². The number of hydrogen-bond donors (Lipinski definition) is 0. The second-order valence-corrected chi connectivity index (χ2v) is 3.78. The molecule has 0 saturated heterocycles. The molecule has 0 spiro atoms. The van der Waals surface area contributed by atoms with Crippen molar-refractivity contribution < 1.29 is 13.5 Å². The van der Waals surface area contributed by atoms with Crippen LogP contribution in [0, 0.1) is 11.8 Å². The number of alkyl halides is 2. The maximum atomic E-state index is 13.0. The highest BCUT2D eigenvalue weighted by Crippen LogP contribution is 2.45. The zero-order valence-electron chi connectivity index (χ0n) is 7.65. The molecular formula is C9H16F2O. The topological polar surface area (TPSA) is 9.23 Å². The second kappa shape index (κ2) is 3.69. The summed E-state index contributed by atoms with van der Waals surface area (Å²) in [6, 6.07) is 0. The predicted octanol–water partition coefficient (Wildman–Crippen LogP) is 2.70. The van der Waals surface area contributed by atoms with Crippen LogP contribution in [0.5, 0.6) is 0 Å². The standard InChI is InChI=1S/C9H16F2O/c1-7-5-8(7)6-9(10,11)3-4-12-2/h7-8H,3-6H2,1-2H3. The third kappa shape index (κ3) is 3.05. The third-order valence-electron chi connectivity index (χ3n) is 2.51. The highest BCUT2D eigenvalue weighted by molar-refractivity contribution is 4.86. The van der Waals surface area contributed by atoms with Crippen molar-refractivity contribution in [1.29, 1.82) is 0 Å². The Hall–Kier alpha value is -0.180. The number of halogens is 2. The maximum absolute atomic E-state index is 13.0. The first-order valence-electron chi connectivity index (χ1n) is 4.42. The molecule has 1 nitrogen and oxygen atoms in total. The van der Waals surface area contributed by atoms with Gasteiger partial charge >= 0.3 is 0 Å². The van der Waals surface area contributed by atoms with Gasteiger partial charge in [0.25, 0.3) is 5.92 Å². The molecule has 1 saturated carbocycles.